The molecule has 0 radical (unpaired) electrons. The highest BCUT2D eigenvalue weighted by molar-refractivity contribution is 5.96. The fourth-order valence-corrected chi connectivity index (χ4v) is 2.49. The topological polar surface area (TPSA) is 73.6 Å². The van der Waals surface area contributed by atoms with Crippen LogP contribution < -0.4 is 14.8 Å². The number of nitrogens with one attached hydrogen (secondary N) is 1. The van der Waals surface area contributed by atoms with Crippen molar-refractivity contribution >= 4 is 22.7 Å². The van der Waals surface area contributed by atoms with Crippen molar-refractivity contribution in [1.29, 1.82) is 0 Å². The second kappa shape index (κ2) is 5.31. The Hall–Kier alpha value is -3.02. The summed E-state index contributed by atoms with van der Waals surface area (Å²) in [7, 11) is 0. The lowest BCUT2D eigenvalue weighted by molar-refractivity contribution is -0.125. The van der Waals surface area contributed by atoms with Crippen molar-refractivity contribution in [3.8, 4) is 11.5 Å². The number of hydrogen-bond donors (Lipinski definition) is 1. The Labute approximate surface area is 132 Å². The Morgan fingerprint density at radius 2 is 2.04 bits per heavy atom. The first kappa shape index (κ1) is 13.6. The lowest BCUT2D eigenvalue weighted by atomic mass is 10.2. The van der Waals surface area contributed by atoms with E-state index in [1.807, 2.05) is 18.2 Å². The molecule has 116 valence electrons. The van der Waals surface area contributed by atoms with E-state index in [9.17, 15) is 4.79 Å². The highest BCUT2D eigenvalue weighted by Gasteiger charge is 2.27. The SMILES string of the molecule is Cc1nc2cc(NC(=O)C3COc4ccccc4O3)ccc2o1. The van der Waals surface area contributed by atoms with Crippen molar-refractivity contribution in [3.05, 3.63) is 48.4 Å². The number of aryl methyl sites for hydroxylation is 1. The van der Waals surface area contributed by atoms with Gasteiger partial charge in [-0.1, -0.05) is 12.1 Å². The highest BCUT2D eigenvalue weighted by Crippen LogP contribution is 2.31. The summed E-state index contributed by atoms with van der Waals surface area (Å²) < 4.78 is 16.7. The van der Waals surface area contributed by atoms with Crippen LogP contribution in [0.4, 0.5) is 5.69 Å². The zero-order valence-electron chi connectivity index (χ0n) is 12.4. The van der Waals surface area contributed by atoms with Gasteiger partial charge in [0.05, 0.1) is 0 Å². The van der Waals surface area contributed by atoms with Gasteiger partial charge >= 0.3 is 0 Å². The molecule has 0 bridgehead atoms. The number of para-hydroxylation sites is 2. The van der Waals surface area contributed by atoms with Crippen LogP contribution in [0.5, 0.6) is 11.5 Å². The Morgan fingerprint density at radius 1 is 1.22 bits per heavy atom. The first-order valence-electron chi connectivity index (χ1n) is 7.25. The number of carbonyl (C=O) groups is 1. The van der Waals surface area contributed by atoms with Crippen LogP contribution in [0.15, 0.2) is 46.9 Å². The third-order valence-electron chi connectivity index (χ3n) is 3.56. The molecule has 0 saturated carbocycles. The van der Waals surface area contributed by atoms with Gasteiger partial charge in [-0.05, 0) is 30.3 Å². The van der Waals surface area contributed by atoms with E-state index < -0.39 is 6.10 Å². The number of ether oxygens (including phenoxy) is 2. The van der Waals surface area contributed by atoms with E-state index in [1.165, 1.54) is 0 Å². The molecule has 1 aliphatic rings. The van der Waals surface area contributed by atoms with Crippen molar-refractivity contribution in [3.63, 3.8) is 0 Å². The molecule has 2 aromatic carbocycles. The maximum atomic E-state index is 12.4. The predicted molar refractivity (Wildman–Crippen MR) is 83.7 cm³/mol. The molecule has 1 aromatic heterocycles. The Balaban J connectivity index is 1.51. The first-order chi connectivity index (χ1) is 11.2. The normalized spacial score (nSPS) is 16.3. The number of benzene rings is 2. The van der Waals surface area contributed by atoms with E-state index >= 15 is 0 Å². The number of hydrogen-bond acceptors (Lipinski definition) is 5. The number of nitrogens with zero attached hydrogens (tertiary/aromatic N) is 1. The molecule has 0 saturated heterocycles. The lowest BCUT2D eigenvalue weighted by Crippen LogP contribution is -2.40. The number of amides is 1. The van der Waals surface area contributed by atoms with Gasteiger partial charge in [-0.2, -0.15) is 0 Å². The van der Waals surface area contributed by atoms with E-state index in [2.05, 4.69) is 10.3 Å². The average molecular weight is 310 g/mol. The number of aromatic nitrogens is 1. The highest BCUT2D eigenvalue weighted by atomic mass is 16.6. The number of anilines is 1. The second-order valence-corrected chi connectivity index (χ2v) is 5.27. The summed E-state index contributed by atoms with van der Waals surface area (Å²) in [6.45, 7) is 1.96. The van der Waals surface area contributed by atoms with Gasteiger partial charge in [0.2, 0.25) is 6.10 Å². The molecular formula is C17H14N2O4. The molecule has 3 aromatic rings. The standard InChI is InChI=1S/C17H14N2O4/c1-10-18-12-8-11(6-7-13(12)22-10)19-17(20)16-9-21-14-4-2-3-5-15(14)23-16/h2-8,16H,9H2,1H3,(H,19,20). The Morgan fingerprint density at radius 3 is 2.91 bits per heavy atom. The van der Waals surface area contributed by atoms with E-state index in [0.717, 1.165) is 0 Å². The second-order valence-electron chi connectivity index (χ2n) is 5.27. The van der Waals surface area contributed by atoms with E-state index in [0.29, 0.717) is 34.2 Å². The first-order valence-corrected chi connectivity index (χ1v) is 7.25. The van der Waals surface area contributed by atoms with Crippen LogP contribution in [-0.2, 0) is 4.79 Å². The van der Waals surface area contributed by atoms with Crippen LogP contribution in [0.3, 0.4) is 0 Å². The maximum absolute atomic E-state index is 12.4. The molecule has 6 heteroatoms. The fourth-order valence-electron chi connectivity index (χ4n) is 2.49. The Kier molecular flexibility index (Phi) is 3.15. The minimum atomic E-state index is -0.695. The molecule has 1 atom stereocenters. The van der Waals surface area contributed by atoms with Gasteiger partial charge in [0.25, 0.3) is 5.91 Å². The Bertz CT molecular complexity index is 887. The summed E-state index contributed by atoms with van der Waals surface area (Å²) in [5.41, 5.74) is 2.02. The zero-order chi connectivity index (χ0) is 15.8. The van der Waals surface area contributed by atoms with Gasteiger partial charge in [-0.25, -0.2) is 4.98 Å². The molecule has 1 N–H and O–H groups in total. The fraction of sp³-hybridized carbons (Fsp3) is 0.176. The van der Waals surface area contributed by atoms with Crippen LogP contribution in [0.1, 0.15) is 5.89 Å². The van der Waals surface area contributed by atoms with Gasteiger partial charge in [0.15, 0.2) is 23.0 Å². The van der Waals surface area contributed by atoms with E-state index in [-0.39, 0.29) is 12.5 Å². The predicted octanol–water partition coefficient (Wildman–Crippen LogP) is 2.91. The van der Waals surface area contributed by atoms with Crippen molar-refractivity contribution in [2.24, 2.45) is 0 Å². The summed E-state index contributed by atoms with van der Waals surface area (Å²) >= 11 is 0. The van der Waals surface area contributed by atoms with Crippen molar-refractivity contribution in [1.82, 2.24) is 4.98 Å². The third kappa shape index (κ3) is 2.59. The molecule has 23 heavy (non-hydrogen) atoms. The molecule has 1 aliphatic heterocycles. The molecule has 0 aliphatic carbocycles. The van der Waals surface area contributed by atoms with Gasteiger partial charge in [0, 0.05) is 12.6 Å². The van der Waals surface area contributed by atoms with Crippen LogP contribution in [0, 0.1) is 6.92 Å². The maximum Gasteiger partial charge on any atom is 0.269 e. The van der Waals surface area contributed by atoms with Gasteiger partial charge in [-0.15, -0.1) is 0 Å². The molecule has 0 spiro atoms. The molecule has 0 fully saturated rings. The third-order valence-corrected chi connectivity index (χ3v) is 3.56. The molecule has 2 heterocycles. The van der Waals surface area contributed by atoms with Crippen LogP contribution >= 0.6 is 0 Å². The van der Waals surface area contributed by atoms with E-state index in [1.54, 1.807) is 31.2 Å². The summed E-state index contributed by atoms with van der Waals surface area (Å²) in [6, 6.07) is 12.6. The zero-order valence-corrected chi connectivity index (χ0v) is 12.4. The number of rotatable bonds is 2. The van der Waals surface area contributed by atoms with Crippen molar-refractivity contribution < 1.29 is 18.7 Å². The van der Waals surface area contributed by atoms with Crippen LogP contribution in [0.25, 0.3) is 11.1 Å². The molecule has 1 unspecified atom stereocenters. The van der Waals surface area contributed by atoms with E-state index in [4.69, 9.17) is 13.9 Å². The largest absolute Gasteiger partial charge is 0.485 e. The minimum Gasteiger partial charge on any atom is -0.485 e. The summed E-state index contributed by atoms with van der Waals surface area (Å²) in [6.07, 6.45) is -0.695. The molecule has 4 rings (SSSR count). The number of carbonyl (C=O) groups excluding carboxylic acids is 1. The number of fused-ring (bicyclic) bond motifs is 2. The average Bonchev–Trinajstić information content (AvgIpc) is 2.93. The van der Waals surface area contributed by atoms with Crippen LogP contribution in [0.2, 0.25) is 0 Å². The monoisotopic (exact) mass is 310 g/mol. The van der Waals surface area contributed by atoms with Crippen LogP contribution in [-0.4, -0.2) is 23.6 Å². The van der Waals surface area contributed by atoms with Gasteiger partial charge in [0.1, 0.15) is 12.1 Å². The van der Waals surface area contributed by atoms with Crippen molar-refractivity contribution in [2.75, 3.05) is 11.9 Å². The van der Waals surface area contributed by atoms with Gasteiger partial charge < -0.3 is 19.2 Å². The van der Waals surface area contributed by atoms with Crippen molar-refractivity contribution in [2.45, 2.75) is 13.0 Å². The molecular weight excluding hydrogens is 296 g/mol. The smallest absolute Gasteiger partial charge is 0.269 e. The summed E-state index contributed by atoms with van der Waals surface area (Å²) in [5, 5.41) is 2.82. The summed E-state index contributed by atoms with van der Waals surface area (Å²) in [4.78, 5) is 16.6. The number of oxazole rings is 1. The minimum absolute atomic E-state index is 0.175. The molecule has 6 nitrogen and oxygen atoms in total. The lowest BCUT2D eigenvalue weighted by Gasteiger charge is -2.25. The van der Waals surface area contributed by atoms with Gasteiger partial charge in [-0.3, -0.25) is 4.79 Å². The summed E-state index contributed by atoms with van der Waals surface area (Å²) in [5.74, 6) is 1.54. The quantitative estimate of drug-likeness (QED) is 0.788. The molecule has 1 amide bonds.